The van der Waals surface area contributed by atoms with Gasteiger partial charge in [-0.1, -0.05) is 13.8 Å². The van der Waals surface area contributed by atoms with Crippen molar-refractivity contribution in [3.8, 4) is 12.1 Å². The van der Waals surface area contributed by atoms with Crippen LogP contribution < -0.4 is 5.32 Å². The van der Waals surface area contributed by atoms with Crippen molar-refractivity contribution in [2.45, 2.75) is 59.1 Å². The number of amides is 1. The summed E-state index contributed by atoms with van der Waals surface area (Å²) in [6.07, 6.45) is 0.410. The number of carbonyl (C=O) groups is 2. The molecular weight excluding hydrogens is 308 g/mol. The molecule has 7 heteroatoms. The van der Waals surface area contributed by atoms with Gasteiger partial charge >= 0.3 is 5.97 Å². The number of rotatable bonds is 9. The van der Waals surface area contributed by atoms with Gasteiger partial charge < -0.3 is 9.64 Å². The molecule has 0 fully saturated rings. The molecule has 1 N–H and O–H groups in total. The molecule has 0 spiro atoms. The molecule has 0 radical (unpaired) electrons. The second kappa shape index (κ2) is 10.6. The van der Waals surface area contributed by atoms with Gasteiger partial charge in [-0.25, -0.2) is 0 Å². The van der Waals surface area contributed by atoms with Crippen LogP contribution in [0.5, 0.6) is 0 Å². The fourth-order valence-electron chi connectivity index (χ4n) is 2.00. The van der Waals surface area contributed by atoms with Crippen LogP contribution in [0, 0.1) is 28.6 Å². The number of esters is 1. The van der Waals surface area contributed by atoms with Gasteiger partial charge in [-0.05, 0) is 26.7 Å². The van der Waals surface area contributed by atoms with Gasteiger partial charge in [-0.2, -0.15) is 10.5 Å². The van der Waals surface area contributed by atoms with E-state index >= 15 is 0 Å². The maximum atomic E-state index is 12.3. The molecule has 0 bridgehead atoms. The predicted octanol–water partition coefficient (Wildman–Crippen LogP) is 1.60. The Labute approximate surface area is 144 Å². The molecule has 0 unspecified atom stereocenters. The van der Waals surface area contributed by atoms with E-state index in [9.17, 15) is 9.59 Å². The lowest BCUT2D eigenvalue weighted by Gasteiger charge is -2.27. The normalized spacial score (nSPS) is 12.2. The quantitative estimate of drug-likeness (QED) is 0.641. The first-order valence-corrected chi connectivity index (χ1v) is 8.10. The van der Waals surface area contributed by atoms with Crippen LogP contribution in [0.15, 0.2) is 0 Å². The lowest BCUT2D eigenvalue weighted by molar-refractivity contribution is -0.158. The number of nitrogens with one attached hydrogen (secondary N) is 1. The summed E-state index contributed by atoms with van der Waals surface area (Å²) in [4.78, 5) is 26.0. The number of nitrogens with zero attached hydrogens (tertiary/aromatic N) is 3. The summed E-state index contributed by atoms with van der Waals surface area (Å²) in [5.41, 5.74) is -0.596. The molecule has 0 rings (SSSR count). The minimum atomic E-state index is -0.596. The first kappa shape index (κ1) is 21.9. The molecule has 1 atom stereocenters. The first-order valence-electron chi connectivity index (χ1n) is 8.10. The van der Waals surface area contributed by atoms with E-state index in [0.717, 1.165) is 0 Å². The van der Waals surface area contributed by atoms with Crippen molar-refractivity contribution in [3.63, 3.8) is 0 Å². The first-order chi connectivity index (χ1) is 11.1. The summed E-state index contributed by atoms with van der Waals surface area (Å²) in [7, 11) is 0. The predicted molar refractivity (Wildman–Crippen MR) is 89.5 cm³/mol. The summed E-state index contributed by atoms with van der Waals surface area (Å²) in [5, 5.41) is 20.3. The summed E-state index contributed by atoms with van der Waals surface area (Å²) in [6, 6.07) is 3.38. The molecule has 0 aromatic rings. The molecule has 1 amide bonds. The van der Waals surface area contributed by atoms with Crippen LogP contribution in [0.25, 0.3) is 0 Å². The van der Waals surface area contributed by atoms with Crippen LogP contribution in [0.1, 0.15) is 47.5 Å². The Morgan fingerprint density at radius 2 is 1.62 bits per heavy atom. The standard InChI is InChI=1S/C17H28N4O3/c1-13(2)15(16(23)24-17(3,4)5)20-12-14(22)21(10-6-8-18)11-7-9-19/h13,15,20H,6-7,10-12H2,1-5H3/t15-/m1/s1. The third-order valence-corrected chi connectivity index (χ3v) is 3.14. The lowest BCUT2D eigenvalue weighted by atomic mass is 10.0. The van der Waals surface area contributed by atoms with E-state index in [1.165, 1.54) is 4.90 Å². The van der Waals surface area contributed by atoms with Crippen LogP contribution >= 0.6 is 0 Å². The number of carbonyl (C=O) groups excluding carboxylic acids is 2. The van der Waals surface area contributed by atoms with Crippen molar-refractivity contribution in [1.29, 1.82) is 10.5 Å². The van der Waals surface area contributed by atoms with Crippen molar-refractivity contribution < 1.29 is 14.3 Å². The van der Waals surface area contributed by atoms with Crippen molar-refractivity contribution >= 4 is 11.9 Å². The number of hydrogen-bond acceptors (Lipinski definition) is 6. The van der Waals surface area contributed by atoms with Gasteiger partial charge in [0.2, 0.25) is 5.91 Å². The summed E-state index contributed by atoms with van der Waals surface area (Å²) in [6.45, 7) is 9.62. The number of hydrogen-bond donors (Lipinski definition) is 1. The molecule has 0 aliphatic rings. The Hall–Kier alpha value is -2.12. The summed E-state index contributed by atoms with van der Waals surface area (Å²) >= 11 is 0. The Bertz CT molecular complexity index is 479. The highest BCUT2D eigenvalue weighted by atomic mass is 16.6. The third kappa shape index (κ3) is 9.12. The highest BCUT2D eigenvalue weighted by Gasteiger charge is 2.28. The van der Waals surface area contributed by atoms with Crippen LogP contribution in [0.2, 0.25) is 0 Å². The van der Waals surface area contributed by atoms with Gasteiger partial charge in [-0.15, -0.1) is 0 Å². The van der Waals surface area contributed by atoms with Crippen molar-refractivity contribution in [3.05, 3.63) is 0 Å². The zero-order valence-corrected chi connectivity index (χ0v) is 15.3. The Morgan fingerprint density at radius 1 is 1.12 bits per heavy atom. The van der Waals surface area contributed by atoms with Crippen LogP contribution in [0.3, 0.4) is 0 Å². The number of nitriles is 2. The zero-order valence-electron chi connectivity index (χ0n) is 15.3. The average Bonchev–Trinajstić information content (AvgIpc) is 2.45. The molecule has 0 saturated carbocycles. The fourth-order valence-corrected chi connectivity index (χ4v) is 2.00. The molecule has 0 aliphatic heterocycles. The van der Waals surface area contributed by atoms with E-state index in [-0.39, 0.29) is 44.3 Å². The zero-order chi connectivity index (χ0) is 18.8. The van der Waals surface area contributed by atoms with Crippen molar-refractivity contribution in [2.24, 2.45) is 5.92 Å². The summed E-state index contributed by atoms with van der Waals surface area (Å²) in [5.74, 6) is -0.681. The van der Waals surface area contributed by atoms with Gasteiger partial charge in [0.25, 0.3) is 0 Å². The van der Waals surface area contributed by atoms with E-state index < -0.39 is 17.6 Å². The highest BCUT2D eigenvalue weighted by Crippen LogP contribution is 2.12. The van der Waals surface area contributed by atoms with E-state index in [1.54, 1.807) is 20.8 Å². The molecule has 24 heavy (non-hydrogen) atoms. The largest absolute Gasteiger partial charge is 0.459 e. The molecule has 0 saturated heterocycles. The monoisotopic (exact) mass is 336 g/mol. The molecule has 0 aromatic carbocycles. The number of ether oxygens (including phenoxy) is 1. The summed E-state index contributed by atoms with van der Waals surface area (Å²) < 4.78 is 5.37. The maximum absolute atomic E-state index is 12.3. The van der Waals surface area contributed by atoms with Crippen LogP contribution in [0.4, 0.5) is 0 Å². The van der Waals surface area contributed by atoms with E-state index in [4.69, 9.17) is 15.3 Å². The second-order valence-corrected chi connectivity index (χ2v) is 6.83. The van der Waals surface area contributed by atoms with Crippen LogP contribution in [-0.4, -0.2) is 48.1 Å². The topological polar surface area (TPSA) is 106 Å². The second-order valence-electron chi connectivity index (χ2n) is 6.83. The maximum Gasteiger partial charge on any atom is 0.323 e. The van der Waals surface area contributed by atoms with Gasteiger partial charge in [0, 0.05) is 13.1 Å². The molecule has 7 nitrogen and oxygen atoms in total. The van der Waals surface area contributed by atoms with E-state index in [0.29, 0.717) is 0 Å². The highest BCUT2D eigenvalue weighted by molar-refractivity contribution is 5.81. The van der Waals surface area contributed by atoms with Gasteiger partial charge in [0.1, 0.15) is 11.6 Å². The van der Waals surface area contributed by atoms with Gasteiger partial charge in [0.15, 0.2) is 0 Å². The SMILES string of the molecule is CC(C)[C@@H](NCC(=O)N(CCC#N)CCC#N)C(=O)OC(C)(C)C. The van der Waals surface area contributed by atoms with E-state index in [2.05, 4.69) is 5.32 Å². The van der Waals surface area contributed by atoms with Crippen molar-refractivity contribution in [1.82, 2.24) is 10.2 Å². The minimum Gasteiger partial charge on any atom is -0.459 e. The van der Waals surface area contributed by atoms with Crippen LogP contribution in [-0.2, 0) is 14.3 Å². The fraction of sp³-hybridized carbons (Fsp3) is 0.765. The van der Waals surface area contributed by atoms with Gasteiger partial charge in [0.05, 0.1) is 31.5 Å². The Balaban J connectivity index is 4.76. The Kier molecular flexibility index (Phi) is 9.68. The molecule has 134 valence electrons. The molecule has 0 aromatic heterocycles. The van der Waals surface area contributed by atoms with E-state index in [1.807, 2.05) is 26.0 Å². The third-order valence-electron chi connectivity index (χ3n) is 3.14. The average molecular weight is 336 g/mol. The Morgan fingerprint density at radius 3 is 2.00 bits per heavy atom. The molecule has 0 aliphatic carbocycles. The lowest BCUT2D eigenvalue weighted by Crippen LogP contribution is -2.49. The molecule has 0 heterocycles. The smallest absolute Gasteiger partial charge is 0.323 e. The minimum absolute atomic E-state index is 0.0423. The van der Waals surface area contributed by atoms with Crippen molar-refractivity contribution in [2.75, 3.05) is 19.6 Å². The van der Waals surface area contributed by atoms with Gasteiger partial charge in [-0.3, -0.25) is 14.9 Å². The molecular formula is C17H28N4O3.